The summed E-state index contributed by atoms with van der Waals surface area (Å²) in [5.41, 5.74) is 9.37. The van der Waals surface area contributed by atoms with Crippen LogP contribution in [0.5, 0.6) is 5.75 Å². The number of nitrogens with one attached hydrogen (secondary N) is 1. The average molecular weight is 422 g/mol. The fourth-order valence-corrected chi connectivity index (χ4v) is 2.88. The Morgan fingerprint density at radius 1 is 1.32 bits per heavy atom. The number of imidazole rings is 1. The summed E-state index contributed by atoms with van der Waals surface area (Å²) in [6.07, 6.45) is 1.10. The topological polar surface area (TPSA) is 188 Å². The van der Waals surface area contributed by atoms with Crippen LogP contribution in [0, 0.1) is 10.1 Å². The number of hydrogen-bond acceptors (Lipinski definition) is 10. The molecule has 4 aromatic rings. The van der Waals surface area contributed by atoms with Gasteiger partial charge in [0, 0.05) is 17.7 Å². The second kappa shape index (κ2) is 7.90. The van der Waals surface area contributed by atoms with Gasteiger partial charge in [0.05, 0.1) is 22.2 Å². The van der Waals surface area contributed by atoms with Crippen molar-refractivity contribution in [1.82, 2.24) is 25.3 Å². The normalized spacial score (nSPS) is 11.2. The minimum Gasteiger partial charge on any atom is -0.507 e. The number of nitrogen functional groups attached to an aromatic ring is 1. The van der Waals surface area contributed by atoms with Crippen molar-refractivity contribution in [3.05, 3.63) is 58.1 Å². The van der Waals surface area contributed by atoms with Gasteiger partial charge in [0.25, 0.3) is 11.6 Å². The first-order valence-corrected chi connectivity index (χ1v) is 8.77. The number of amides is 1. The van der Waals surface area contributed by atoms with Crippen molar-refractivity contribution in [2.45, 2.75) is 6.54 Å². The highest BCUT2D eigenvalue weighted by Crippen LogP contribution is 2.26. The van der Waals surface area contributed by atoms with Crippen molar-refractivity contribution >= 4 is 34.7 Å². The summed E-state index contributed by atoms with van der Waals surface area (Å²) in [7, 11) is 0. The molecule has 31 heavy (non-hydrogen) atoms. The smallest absolute Gasteiger partial charge is 0.270 e. The molecule has 156 valence electrons. The molecule has 0 aliphatic carbocycles. The lowest BCUT2D eigenvalue weighted by atomic mass is 10.2. The molecule has 0 unspecified atom stereocenters. The molecule has 2 aromatic heterocycles. The Kier molecular flexibility index (Phi) is 4.97. The van der Waals surface area contributed by atoms with Gasteiger partial charge in [-0.1, -0.05) is 12.1 Å². The molecule has 2 heterocycles. The number of benzene rings is 2. The minimum absolute atomic E-state index is 0.0242. The van der Waals surface area contributed by atoms with E-state index in [-0.39, 0.29) is 40.9 Å². The lowest BCUT2D eigenvalue weighted by Gasteiger charge is -2.06. The third-order valence-corrected chi connectivity index (χ3v) is 4.30. The highest BCUT2D eigenvalue weighted by Gasteiger charge is 2.20. The Hall–Kier alpha value is -4.81. The van der Waals surface area contributed by atoms with Crippen LogP contribution in [0.3, 0.4) is 0 Å². The number of non-ortho nitro benzene ring substituents is 1. The summed E-state index contributed by atoms with van der Waals surface area (Å²) >= 11 is 0. The van der Waals surface area contributed by atoms with E-state index in [2.05, 4.69) is 30.5 Å². The van der Waals surface area contributed by atoms with Crippen molar-refractivity contribution in [2.24, 2.45) is 5.10 Å². The minimum atomic E-state index is -0.606. The third kappa shape index (κ3) is 3.87. The van der Waals surface area contributed by atoms with Crippen molar-refractivity contribution in [3.8, 4) is 17.3 Å². The van der Waals surface area contributed by atoms with Crippen LogP contribution in [0.25, 0.3) is 22.6 Å². The number of nitro benzene ring substituents is 1. The molecule has 0 atom stereocenters. The fraction of sp³-hybridized carbons (Fsp3) is 0.0556. The molecule has 13 nitrogen and oxygen atoms in total. The molecule has 0 spiro atoms. The molecule has 4 N–H and O–H groups in total. The van der Waals surface area contributed by atoms with Crippen molar-refractivity contribution in [2.75, 3.05) is 5.73 Å². The molecule has 13 heteroatoms. The highest BCUT2D eigenvalue weighted by atomic mass is 16.6. The quantitative estimate of drug-likeness (QED) is 0.234. The van der Waals surface area contributed by atoms with Gasteiger partial charge in [-0.05, 0) is 28.5 Å². The summed E-state index contributed by atoms with van der Waals surface area (Å²) in [5.74, 6) is -0.437. The number of hydrogen-bond donors (Lipinski definition) is 3. The predicted molar refractivity (Wildman–Crippen MR) is 108 cm³/mol. The van der Waals surface area contributed by atoms with Gasteiger partial charge in [0.1, 0.15) is 12.3 Å². The van der Waals surface area contributed by atoms with Crippen LogP contribution in [-0.2, 0) is 11.3 Å². The molecule has 0 saturated carbocycles. The van der Waals surface area contributed by atoms with E-state index in [0.717, 1.165) is 18.3 Å². The number of nitro groups is 1. The molecule has 0 fully saturated rings. The summed E-state index contributed by atoms with van der Waals surface area (Å²) < 4.78 is 6.20. The number of phenolic OH excluding ortho intramolecular Hbond substituents is 1. The Morgan fingerprint density at radius 2 is 2.13 bits per heavy atom. The van der Waals surface area contributed by atoms with E-state index in [1.807, 2.05) is 0 Å². The zero-order valence-electron chi connectivity index (χ0n) is 15.7. The van der Waals surface area contributed by atoms with Crippen LogP contribution in [0.2, 0.25) is 0 Å². The Balaban J connectivity index is 1.57. The number of nitrogens with two attached hydrogens (primary N) is 1. The molecular formula is C18H14N8O5. The maximum atomic E-state index is 12.5. The largest absolute Gasteiger partial charge is 0.507 e. The van der Waals surface area contributed by atoms with Crippen LogP contribution in [0.15, 0.2) is 52.2 Å². The number of anilines is 1. The van der Waals surface area contributed by atoms with Gasteiger partial charge in [-0.2, -0.15) is 5.10 Å². The number of rotatable bonds is 6. The fourth-order valence-electron chi connectivity index (χ4n) is 2.88. The summed E-state index contributed by atoms with van der Waals surface area (Å²) in [5, 5.41) is 31.7. The second-order valence-corrected chi connectivity index (χ2v) is 6.30. The number of aromatic nitrogens is 4. The molecule has 0 radical (unpaired) electrons. The Labute approximate surface area is 172 Å². The number of carbonyl (C=O) groups excluding carboxylic acids is 1. The van der Waals surface area contributed by atoms with Crippen molar-refractivity contribution < 1.29 is 19.5 Å². The van der Waals surface area contributed by atoms with Gasteiger partial charge in [-0.25, -0.2) is 15.0 Å². The molecule has 4 rings (SSSR count). The first kappa shape index (κ1) is 19.5. The number of nitrogens with zero attached hydrogens (tertiary/aromatic N) is 6. The lowest BCUT2D eigenvalue weighted by molar-refractivity contribution is -0.384. The van der Waals surface area contributed by atoms with E-state index in [9.17, 15) is 20.0 Å². The van der Waals surface area contributed by atoms with E-state index in [1.165, 1.54) is 6.07 Å². The molecule has 0 aliphatic heterocycles. The standard InChI is InChI=1S/C18H14N8O5/c19-17-16(23-31-24-17)18-21-12-3-1-2-4-13(12)25(18)9-15(28)22-20-8-10-7-11(26(29)30)5-6-14(10)27/h1-8,27H,9H2,(H2,19,24)(H,22,28)/b20-8+. The number of para-hydroxylation sites is 2. The highest BCUT2D eigenvalue weighted by molar-refractivity contribution is 5.87. The van der Waals surface area contributed by atoms with Crippen LogP contribution in [0.1, 0.15) is 5.56 Å². The number of phenols is 1. The molecule has 0 aliphatic rings. The number of fused-ring (bicyclic) bond motifs is 1. The average Bonchev–Trinajstić information content (AvgIpc) is 3.32. The molecule has 0 bridgehead atoms. The summed E-state index contributed by atoms with van der Waals surface area (Å²) in [6.45, 7) is -0.194. The Bertz CT molecular complexity index is 1330. The van der Waals surface area contributed by atoms with Gasteiger partial charge in [0.2, 0.25) is 0 Å². The zero-order valence-corrected chi connectivity index (χ0v) is 15.7. The molecule has 0 saturated heterocycles. The first-order valence-electron chi connectivity index (χ1n) is 8.77. The number of carbonyl (C=O) groups is 1. The predicted octanol–water partition coefficient (Wildman–Crippen LogP) is 1.43. The summed E-state index contributed by atoms with van der Waals surface area (Å²) in [6, 6.07) is 10.6. The first-order chi connectivity index (χ1) is 14.9. The van der Waals surface area contributed by atoms with Crippen molar-refractivity contribution in [1.29, 1.82) is 0 Å². The van der Waals surface area contributed by atoms with E-state index in [4.69, 9.17) is 5.73 Å². The van der Waals surface area contributed by atoms with E-state index >= 15 is 0 Å². The molecular weight excluding hydrogens is 408 g/mol. The number of hydrazone groups is 1. The second-order valence-electron chi connectivity index (χ2n) is 6.30. The molecule has 2 aromatic carbocycles. The molecule has 1 amide bonds. The van der Waals surface area contributed by atoms with Gasteiger partial charge in [-0.15, -0.1) is 0 Å². The van der Waals surface area contributed by atoms with E-state index in [1.54, 1.807) is 28.8 Å². The number of aromatic hydroxyl groups is 1. The van der Waals surface area contributed by atoms with E-state index < -0.39 is 10.8 Å². The maximum Gasteiger partial charge on any atom is 0.270 e. The Morgan fingerprint density at radius 3 is 2.87 bits per heavy atom. The SMILES string of the molecule is Nc1nonc1-c1nc2ccccc2n1CC(=O)N/N=C/c1cc([N+](=O)[O-])ccc1O. The van der Waals surface area contributed by atoms with Crippen LogP contribution in [-0.4, -0.2) is 42.0 Å². The maximum absolute atomic E-state index is 12.5. The van der Waals surface area contributed by atoms with Gasteiger partial charge < -0.3 is 15.4 Å². The van der Waals surface area contributed by atoms with Crippen LogP contribution < -0.4 is 11.2 Å². The van der Waals surface area contributed by atoms with Gasteiger partial charge >= 0.3 is 0 Å². The van der Waals surface area contributed by atoms with Gasteiger partial charge in [0.15, 0.2) is 17.3 Å². The lowest BCUT2D eigenvalue weighted by Crippen LogP contribution is -2.23. The monoisotopic (exact) mass is 422 g/mol. The third-order valence-electron chi connectivity index (χ3n) is 4.30. The van der Waals surface area contributed by atoms with Gasteiger partial charge in [-0.3, -0.25) is 14.9 Å². The van der Waals surface area contributed by atoms with Crippen LogP contribution in [0.4, 0.5) is 11.5 Å². The van der Waals surface area contributed by atoms with E-state index in [0.29, 0.717) is 11.0 Å². The van der Waals surface area contributed by atoms with Crippen molar-refractivity contribution in [3.63, 3.8) is 0 Å². The summed E-state index contributed by atoms with van der Waals surface area (Å²) in [4.78, 5) is 27.2. The van der Waals surface area contributed by atoms with Crippen LogP contribution >= 0.6 is 0 Å². The zero-order chi connectivity index (χ0) is 22.0.